The summed E-state index contributed by atoms with van der Waals surface area (Å²) in [5, 5.41) is 3.79. The SMILES string of the molecule is NC1CCC(NC2CCN(C(=O)C3CC3)CC2)CC1. The van der Waals surface area contributed by atoms with Gasteiger partial charge in [-0.3, -0.25) is 4.79 Å². The van der Waals surface area contributed by atoms with Gasteiger partial charge in [0.15, 0.2) is 0 Å². The van der Waals surface area contributed by atoms with Crippen molar-refractivity contribution in [2.75, 3.05) is 13.1 Å². The molecule has 19 heavy (non-hydrogen) atoms. The first kappa shape index (κ1) is 13.4. The minimum absolute atomic E-state index is 0.379. The van der Waals surface area contributed by atoms with Crippen molar-refractivity contribution < 1.29 is 4.79 Å². The quantitative estimate of drug-likeness (QED) is 0.807. The number of carbonyl (C=O) groups is 1. The third-order valence-electron chi connectivity index (χ3n) is 4.98. The number of hydrogen-bond acceptors (Lipinski definition) is 3. The maximum absolute atomic E-state index is 12.0. The normalized spacial score (nSPS) is 33.4. The van der Waals surface area contributed by atoms with E-state index in [2.05, 4.69) is 10.2 Å². The third kappa shape index (κ3) is 3.48. The fraction of sp³-hybridized carbons (Fsp3) is 0.933. The minimum atomic E-state index is 0.379. The van der Waals surface area contributed by atoms with Gasteiger partial charge in [0.25, 0.3) is 0 Å². The zero-order valence-electron chi connectivity index (χ0n) is 11.8. The van der Waals surface area contributed by atoms with Crippen molar-refractivity contribution in [1.82, 2.24) is 10.2 Å². The van der Waals surface area contributed by atoms with Crippen molar-refractivity contribution in [1.29, 1.82) is 0 Å². The minimum Gasteiger partial charge on any atom is -0.342 e. The number of nitrogens with zero attached hydrogens (tertiary/aromatic N) is 1. The summed E-state index contributed by atoms with van der Waals surface area (Å²) in [7, 11) is 0. The molecule has 1 saturated heterocycles. The molecule has 0 aromatic heterocycles. The number of hydrogen-bond donors (Lipinski definition) is 2. The molecule has 3 aliphatic rings. The lowest BCUT2D eigenvalue weighted by Crippen LogP contribution is -2.49. The first-order chi connectivity index (χ1) is 9.22. The Labute approximate surface area is 116 Å². The fourth-order valence-corrected chi connectivity index (χ4v) is 3.47. The maximum Gasteiger partial charge on any atom is 0.225 e. The Morgan fingerprint density at radius 1 is 0.895 bits per heavy atom. The molecule has 0 unspecified atom stereocenters. The summed E-state index contributed by atoms with van der Waals surface area (Å²) in [5.74, 6) is 0.798. The Bertz CT molecular complexity index is 313. The Kier molecular flexibility index (Phi) is 4.08. The van der Waals surface area contributed by atoms with E-state index < -0.39 is 0 Å². The number of nitrogens with two attached hydrogens (primary N) is 1. The first-order valence-corrected chi connectivity index (χ1v) is 8.03. The van der Waals surface area contributed by atoms with Crippen LogP contribution >= 0.6 is 0 Å². The van der Waals surface area contributed by atoms with E-state index in [1.807, 2.05) is 0 Å². The van der Waals surface area contributed by atoms with Crippen LogP contribution in [0.25, 0.3) is 0 Å². The number of rotatable bonds is 3. The molecule has 1 heterocycles. The van der Waals surface area contributed by atoms with Crippen LogP contribution in [0.1, 0.15) is 51.4 Å². The topological polar surface area (TPSA) is 58.4 Å². The molecule has 1 aliphatic heterocycles. The van der Waals surface area contributed by atoms with E-state index >= 15 is 0 Å². The maximum atomic E-state index is 12.0. The van der Waals surface area contributed by atoms with Gasteiger partial charge in [0.1, 0.15) is 0 Å². The molecule has 0 aromatic carbocycles. The molecule has 3 N–H and O–H groups in total. The largest absolute Gasteiger partial charge is 0.342 e. The second-order valence-electron chi connectivity index (χ2n) is 6.65. The smallest absolute Gasteiger partial charge is 0.225 e. The lowest BCUT2D eigenvalue weighted by molar-refractivity contribution is -0.133. The van der Waals surface area contributed by atoms with Gasteiger partial charge < -0.3 is 16.0 Å². The van der Waals surface area contributed by atoms with E-state index in [0.717, 1.165) is 51.6 Å². The first-order valence-electron chi connectivity index (χ1n) is 8.03. The monoisotopic (exact) mass is 265 g/mol. The van der Waals surface area contributed by atoms with Crippen LogP contribution in [-0.2, 0) is 4.79 Å². The van der Waals surface area contributed by atoms with Gasteiger partial charge in [0.05, 0.1) is 0 Å². The van der Waals surface area contributed by atoms with Gasteiger partial charge in [-0.2, -0.15) is 0 Å². The molecule has 108 valence electrons. The average molecular weight is 265 g/mol. The zero-order valence-corrected chi connectivity index (χ0v) is 11.8. The average Bonchev–Trinajstić information content (AvgIpc) is 3.26. The van der Waals surface area contributed by atoms with Crippen LogP contribution in [0.4, 0.5) is 0 Å². The highest BCUT2D eigenvalue weighted by Crippen LogP contribution is 2.32. The van der Waals surface area contributed by atoms with Gasteiger partial charge in [0, 0.05) is 37.1 Å². The fourth-order valence-electron chi connectivity index (χ4n) is 3.47. The lowest BCUT2D eigenvalue weighted by Gasteiger charge is -2.36. The molecule has 2 saturated carbocycles. The Balaban J connectivity index is 1.39. The van der Waals surface area contributed by atoms with Crippen molar-refractivity contribution in [2.45, 2.75) is 69.5 Å². The van der Waals surface area contributed by atoms with Crippen LogP contribution in [0.15, 0.2) is 0 Å². The van der Waals surface area contributed by atoms with Gasteiger partial charge in [0.2, 0.25) is 5.91 Å². The summed E-state index contributed by atoms with van der Waals surface area (Å²) in [6, 6.07) is 1.70. The molecule has 1 amide bonds. The molecule has 0 bridgehead atoms. The molecule has 0 atom stereocenters. The van der Waals surface area contributed by atoms with Crippen LogP contribution in [0.5, 0.6) is 0 Å². The summed E-state index contributed by atoms with van der Waals surface area (Å²) < 4.78 is 0. The molecule has 0 radical (unpaired) electrons. The molecule has 0 spiro atoms. The van der Waals surface area contributed by atoms with E-state index in [1.54, 1.807) is 0 Å². The molecular weight excluding hydrogens is 238 g/mol. The van der Waals surface area contributed by atoms with E-state index in [-0.39, 0.29) is 0 Å². The highest BCUT2D eigenvalue weighted by atomic mass is 16.2. The molecular formula is C15H27N3O. The van der Waals surface area contributed by atoms with E-state index in [9.17, 15) is 4.79 Å². The van der Waals surface area contributed by atoms with Crippen molar-refractivity contribution >= 4 is 5.91 Å². The zero-order chi connectivity index (χ0) is 13.2. The van der Waals surface area contributed by atoms with E-state index in [4.69, 9.17) is 5.73 Å². The third-order valence-corrected chi connectivity index (χ3v) is 4.98. The van der Waals surface area contributed by atoms with Crippen LogP contribution in [0.2, 0.25) is 0 Å². The second kappa shape index (κ2) is 5.80. The second-order valence-corrected chi connectivity index (χ2v) is 6.65. The van der Waals surface area contributed by atoms with Crippen molar-refractivity contribution in [3.8, 4) is 0 Å². The summed E-state index contributed by atoms with van der Waals surface area (Å²) >= 11 is 0. The van der Waals surface area contributed by atoms with Crippen LogP contribution < -0.4 is 11.1 Å². The van der Waals surface area contributed by atoms with E-state index in [0.29, 0.717) is 30.0 Å². The van der Waals surface area contributed by atoms with Crippen LogP contribution in [0.3, 0.4) is 0 Å². The lowest BCUT2D eigenvalue weighted by atomic mass is 9.90. The molecule has 3 rings (SSSR count). The molecule has 3 fully saturated rings. The number of carbonyl (C=O) groups excluding carboxylic acids is 1. The summed E-state index contributed by atoms with van der Waals surface area (Å²) in [5.41, 5.74) is 5.94. The Morgan fingerprint density at radius 3 is 2.05 bits per heavy atom. The number of amides is 1. The van der Waals surface area contributed by atoms with Crippen LogP contribution in [-0.4, -0.2) is 42.0 Å². The number of piperidine rings is 1. The van der Waals surface area contributed by atoms with Gasteiger partial charge in [-0.05, 0) is 51.4 Å². The van der Waals surface area contributed by atoms with Gasteiger partial charge in [-0.25, -0.2) is 0 Å². The van der Waals surface area contributed by atoms with E-state index in [1.165, 1.54) is 12.8 Å². The molecule has 2 aliphatic carbocycles. The van der Waals surface area contributed by atoms with Crippen molar-refractivity contribution in [3.63, 3.8) is 0 Å². The summed E-state index contributed by atoms with van der Waals surface area (Å²) in [6.07, 6.45) is 9.28. The predicted molar refractivity (Wildman–Crippen MR) is 75.7 cm³/mol. The van der Waals surface area contributed by atoms with Crippen LogP contribution in [0, 0.1) is 5.92 Å². The molecule has 0 aromatic rings. The van der Waals surface area contributed by atoms with Gasteiger partial charge >= 0.3 is 0 Å². The highest BCUT2D eigenvalue weighted by molar-refractivity contribution is 5.81. The Morgan fingerprint density at radius 2 is 1.47 bits per heavy atom. The number of nitrogens with one attached hydrogen (secondary N) is 1. The Hall–Kier alpha value is -0.610. The van der Waals surface area contributed by atoms with Crippen molar-refractivity contribution in [2.24, 2.45) is 11.7 Å². The molecule has 4 nitrogen and oxygen atoms in total. The predicted octanol–water partition coefficient (Wildman–Crippen LogP) is 1.25. The van der Waals surface area contributed by atoms with Gasteiger partial charge in [-0.15, -0.1) is 0 Å². The summed E-state index contributed by atoms with van der Waals surface area (Å²) in [4.78, 5) is 14.1. The standard InChI is InChI=1S/C15H27N3O/c16-12-3-5-13(6-4-12)17-14-7-9-18(10-8-14)15(19)11-1-2-11/h11-14,17H,1-10,16H2. The molecule has 4 heteroatoms. The highest BCUT2D eigenvalue weighted by Gasteiger charge is 2.35. The van der Waals surface area contributed by atoms with Crippen molar-refractivity contribution in [3.05, 3.63) is 0 Å². The van der Waals surface area contributed by atoms with Gasteiger partial charge in [-0.1, -0.05) is 0 Å². The summed E-state index contributed by atoms with van der Waals surface area (Å²) in [6.45, 7) is 1.92. The number of likely N-dealkylation sites (tertiary alicyclic amines) is 1.